The van der Waals surface area contributed by atoms with Crippen LogP contribution in [0.15, 0.2) is 16.5 Å². The highest BCUT2D eigenvalue weighted by atomic mass is 16.5. The maximum Gasteiger partial charge on any atom is 0.373 e. The molecule has 112 valence electrons. The molecule has 20 heavy (non-hydrogen) atoms. The lowest BCUT2D eigenvalue weighted by atomic mass is 10.2. The number of nitrogens with one attached hydrogen (secondary N) is 2. The molecular formula is C14H22N2O4. The first-order chi connectivity index (χ1) is 9.56. The second-order valence-corrected chi connectivity index (χ2v) is 4.56. The second-order valence-electron chi connectivity index (χ2n) is 4.56. The number of furan rings is 1. The van der Waals surface area contributed by atoms with E-state index < -0.39 is 5.97 Å². The number of hydrogen-bond donors (Lipinski definition) is 2. The molecule has 0 radical (unpaired) electrons. The number of esters is 1. The number of methoxy groups -OCH3 is 1. The second kappa shape index (κ2) is 8.37. The van der Waals surface area contributed by atoms with Gasteiger partial charge in [0.2, 0.25) is 11.7 Å². The fourth-order valence-electron chi connectivity index (χ4n) is 1.55. The van der Waals surface area contributed by atoms with Gasteiger partial charge in [-0.05, 0) is 25.5 Å². The highest BCUT2D eigenvalue weighted by Gasteiger charge is 2.10. The van der Waals surface area contributed by atoms with E-state index in [-0.39, 0.29) is 17.7 Å². The average Bonchev–Trinajstić information content (AvgIpc) is 2.91. The molecular weight excluding hydrogens is 260 g/mol. The molecule has 6 nitrogen and oxygen atoms in total. The summed E-state index contributed by atoms with van der Waals surface area (Å²) in [6, 6.07) is 3.48. The zero-order valence-corrected chi connectivity index (χ0v) is 12.2. The molecule has 0 spiro atoms. The molecule has 1 atom stereocenters. The SMILES string of the molecule is CCC(C)NC(=O)CCNCc1ccc(C(=O)OC)o1. The van der Waals surface area contributed by atoms with Gasteiger partial charge in [-0.2, -0.15) is 0 Å². The molecule has 1 heterocycles. The molecule has 0 fully saturated rings. The molecule has 1 amide bonds. The molecule has 1 aromatic heterocycles. The molecule has 0 saturated carbocycles. The van der Waals surface area contributed by atoms with Gasteiger partial charge in [-0.15, -0.1) is 0 Å². The predicted octanol–water partition coefficient (Wildman–Crippen LogP) is 1.46. The van der Waals surface area contributed by atoms with Crippen LogP contribution >= 0.6 is 0 Å². The Morgan fingerprint density at radius 3 is 2.80 bits per heavy atom. The smallest absolute Gasteiger partial charge is 0.373 e. The number of carbonyl (C=O) groups excluding carboxylic acids is 2. The molecule has 0 aliphatic heterocycles. The standard InChI is InChI=1S/C14H22N2O4/c1-4-10(2)16-13(17)7-8-15-9-11-5-6-12(20-11)14(18)19-3/h5-6,10,15H,4,7-9H2,1-3H3,(H,16,17). The number of hydrogen-bond acceptors (Lipinski definition) is 5. The summed E-state index contributed by atoms with van der Waals surface area (Å²) in [6.07, 6.45) is 1.33. The molecule has 6 heteroatoms. The van der Waals surface area contributed by atoms with E-state index in [4.69, 9.17) is 4.42 Å². The average molecular weight is 282 g/mol. The Labute approximate surface area is 118 Å². The van der Waals surface area contributed by atoms with Gasteiger partial charge in [0.15, 0.2) is 0 Å². The van der Waals surface area contributed by atoms with Gasteiger partial charge in [0.1, 0.15) is 5.76 Å². The van der Waals surface area contributed by atoms with Crippen molar-refractivity contribution in [1.82, 2.24) is 10.6 Å². The van der Waals surface area contributed by atoms with Gasteiger partial charge in [-0.25, -0.2) is 4.79 Å². The van der Waals surface area contributed by atoms with Crippen LogP contribution in [-0.2, 0) is 16.1 Å². The lowest BCUT2D eigenvalue weighted by molar-refractivity contribution is -0.121. The number of ether oxygens (including phenoxy) is 1. The van der Waals surface area contributed by atoms with Gasteiger partial charge in [-0.1, -0.05) is 6.92 Å². The first-order valence-corrected chi connectivity index (χ1v) is 6.74. The third-order valence-electron chi connectivity index (χ3n) is 2.90. The Hall–Kier alpha value is -1.82. The molecule has 0 aliphatic rings. The number of amides is 1. The van der Waals surface area contributed by atoms with Crippen LogP contribution in [-0.4, -0.2) is 31.6 Å². The van der Waals surface area contributed by atoms with Crippen molar-refractivity contribution < 1.29 is 18.7 Å². The molecule has 0 bridgehead atoms. The van der Waals surface area contributed by atoms with Crippen LogP contribution < -0.4 is 10.6 Å². The minimum atomic E-state index is -0.496. The maximum absolute atomic E-state index is 11.5. The zero-order chi connectivity index (χ0) is 15.0. The molecule has 1 aromatic rings. The quantitative estimate of drug-likeness (QED) is 0.557. The summed E-state index contributed by atoms with van der Waals surface area (Å²) in [5.41, 5.74) is 0. The first-order valence-electron chi connectivity index (χ1n) is 6.74. The first kappa shape index (κ1) is 16.2. The van der Waals surface area contributed by atoms with Crippen LogP contribution in [0.2, 0.25) is 0 Å². The van der Waals surface area contributed by atoms with Gasteiger partial charge >= 0.3 is 5.97 Å². The summed E-state index contributed by atoms with van der Waals surface area (Å²) in [4.78, 5) is 22.7. The third kappa shape index (κ3) is 5.44. The van der Waals surface area contributed by atoms with Gasteiger partial charge < -0.3 is 19.8 Å². The zero-order valence-electron chi connectivity index (χ0n) is 12.2. The Bertz CT molecular complexity index is 442. The van der Waals surface area contributed by atoms with Crippen molar-refractivity contribution in [1.29, 1.82) is 0 Å². The van der Waals surface area contributed by atoms with E-state index in [1.807, 2.05) is 13.8 Å². The Morgan fingerprint density at radius 2 is 2.15 bits per heavy atom. The minimum Gasteiger partial charge on any atom is -0.463 e. The van der Waals surface area contributed by atoms with E-state index in [1.165, 1.54) is 7.11 Å². The topological polar surface area (TPSA) is 80.6 Å². The molecule has 0 aromatic carbocycles. The molecule has 0 saturated heterocycles. The number of carbonyl (C=O) groups is 2. The van der Waals surface area contributed by atoms with Crippen LogP contribution in [0.4, 0.5) is 0 Å². The van der Waals surface area contributed by atoms with Gasteiger partial charge in [0, 0.05) is 19.0 Å². The van der Waals surface area contributed by atoms with Crippen LogP contribution in [0.5, 0.6) is 0 Å². The van der Waals surface area contributed by atoms with Crippen molar-refractivity contribution in [2.75, 3.05) is 13.7 Å². The van der Waals surface area contributed by atoms with E-state index in [2.05, 4.69) is 15.4 Å². The number of rotatable bonds is 8. The van der Waals surface area contributed by atoms with E-state index in [0.717, 1.165) is 6.42 Å². The van der Waals surface area contributed by atoms with Crippen molar-refractivity contribution in [3.63, 3.8) is 0 Å². The van der Waals surface area contributed by atoms with Gasteiger partial charge in [0.05, 0.1) is 13.7 Å². The van der Waals surface area contributed by atoms with Gasteiger partial charge in [-0.3, -0.25) is 4.79 Å². The Kier molecular flexibility index (Phi) is 6.79. The molecule has 2 N–H and O–H groups in total. The summed E-state index contributed by atoms with van der Waals surface area (Å²) >= 11 is 0. The minimum absolute atomic E-state index is 0.0292. The van der Waals surface area contributed by atoms with Crippen molar-refractivity contribution in [2.24, 2.45) is 0 Å². The fraction of sp³-hybridized carbons (Fsp3) is 0.571. The summed E-state index contributed by atoms with van der Waals surface area (Å²) in [7, 11) is 1.30. The Morgan fingerprint density at radius 1 is 1.40 bits per heavy atom. The van der Waals surface area contributed by atoms with Crippen LogP contribution in [0, 0.1) is 0 Å². The monoisotopic (exact) mass is 282 g/mol. The lowest BCUT2D eigenvalue weighted by Gasteiger charge is -2.11. The highest BCUT2D eigenvalue weighted by molar-refractivity contribution is 5.86. The Balaban J connectivity index is 2.23. The van der Waals surface area contributed by atoms with E-state index >= 15 is 0 Å². The summed E-state index contributed by atoms with van der Waals surface area (Å²) in [5.74, 6) is 0.345. The maximum atomic E-state index is 11.5. The normalized spacial score (nSPS) is 11.9. The van der Waals surface area contributed by atoms with Crippen molar-refractivity contribution in [3.8, 4) is 0 Å². The van der Waals surface area contributed by atoms with Crippen LogP contribution in [0.1, 0.15) is 43.0 Å². The van der Waals surface area contributed by atoms with Crippen molar-refractivity contribution in [3.05, 3.63) is 23.7 Å². The summed E-state index contributed by atoms with van der Waals surface area (Å²) < 4.78 is 9.84. The largest absolute Gasteiger partial charge is 0.463 e. The van der Waals surface area contributed by atoms with E-state index in [0.29, 0.717) is 25.3 Å². The molecule has 0 aliphatic carbocycles. The van der Waals surface area contributed by atoms with E-state index in [9.17, 15) is 9.59 Å². The molecule has 1 unspecified atom stereocenters. The van der Waals surface area contributed by atoms with Crippen LogP contribution in [0.25, 0.3) is 0 Å². The predicted molar refractivity (Wildman–Crippen MR) is 74.3 cm³/mol. The fourth-order valence-corrected chi connectivity index (χ4v) is 1.55. The van der Waals surface area contributed by atoms with Crippen LogP contribution in [0.3, 0.4) is 0 Å². The van der Waals surface area contributed by atoms with Crippen molar-refractivity contribution in [2.45, 2.75) is 39.3 Å². The third-order valence-corrected chi connectivity index (χ3v) is 2.90. The van der Waals surface area contributed by atoms with E-state index in [1.54, 1.807) is 12.1 Å². The van der Waals surface area contributed by atoms with Crippen molar-refractivity contribution >= 4 is 11.9 Å². The summed E-state index contributed by atoms with van der Waals surface area (Å²) in [5, 5.41) is 5.98. The lowest BCUT2D eigenvalue weighted by Crippen LogP contribution is -2.33. The summed E-state index contributed by atoms with van der Waals surface area (Å²) in [6.45, 7) is 5.02. The van der Waals surface area contributed by atoms with Gasteiger partial charge in [0.25, 0.3) is 0 Å². The highest BCUT2D eigenvalue weighted by Crippen LogP contribution is 2.08. The molecule has 1 rings (SSSR count).